The summed E-state index contributed by atoms with van der Waals surface area (Å²) in [7, 11) is 0. The van der Waals surface area contributed by atoms with Crippen molar-refractivity contribution < 1.29 is 0 Å². The van der Waals surface area contributed by atoms with E-state index in [1.54, 1.807) is 0 Å². The van der Waals surface area contributed by atoms with Gasteiger partial charge >= 0.3 is 0 Å². The van der Waals surface area contributed by atoms with E-state index in [2.05, 4.69) is 34.6 Å². The number of H-pyrrole nitrogens is 1. The van der Waals surface area contributed by atoms with Crippen LogP contribution < -0.4 is 11.1 Å². The number of aromatic nitrogens is 1. The third-order valence-corrected chi connectivity index (χ3v) is 3.37. The molecule has 0 radical (unpaired) electrons. The molecule has 2 aromatic rings. The molecule has 0 saturated carbocycles. The second-order valence-electron chi connectivity index (χ2n) is 4.44. The number of hydrogen-bond donors (Lipinski definition) is 3. The highest BCUT2D eigenvalue weighted by Crippen LogP contribution is 2.30. The largest absolute Gasteiger partial charge is 0.357 e. The van der Waals surface area contributed by atoms with Crippen LogP contribution in [0.1, 0.15) is 16.8 Å². The van der Waals surface area contributed by atoms with Gasteiger partial charge in [0.1, 0.15) is 0 Å². The number of hydrogen-bond acceptors (Lipinski definition) is 2. The Labute approximate surface area is 101 Å². The molecule has 0 amide bonds. The fourth-order valence-electron chi connectivity index (χ4n) is 2.58. The summed E-state index contributed by atoms with van der Waals surface area (Å²) in [4.78, 5) is 3.55. The van der Waals surface area contributed by atoms with Gasteiger partial charge in [-0.05, 0) is 29.7 Å². The van der Waals surface area contributed by atoms with Crippen LogP contribution in [0.25, 0.3) is 11.3 Å². The first kappa shape index (κ1) is 10.6. The van der Waals surface area contributed by atoms with Crippen molar-refractivity contribution in [1.82, 2.24) is 10.3 Å². The fourth-order valence-corrected chi connectivity index (χ4v) is 2.58. The molecular weight excluding hydrogens is 210 g/mol. The highest BCUT2D eigenvalue weighted by Gasteiger charge is 2.20. The van der Waals surface area contributed by atoms with E-state index in [4.69, 9.17) is 5.73 Å². The molecule has 3 nitrogen and oxygen atoms in total. The maximum absolute atomic E-state index is 5.73. The topological polar surface area (TPSA) is 53.8 Å². The normalized spacial score (nSPS) is 13.9. The summed E-state index contributed by atoms with van der Waals surface area (Å²) >= 11 is 0. The number of rotatable bonds is 3. The number of fused-ring (bicyclic) bond motifs is 1. The highest BCUT2D eigenvalue weighted by molar-refractivity contribution is 5.67. The van der Waals surface area contributed by atoms with E-state index in [1.165, 1.54) is 28.1 Å². The van der Waals surface area contributed by atoms with Crippen LogP contribution in [0.2, 0.25) is 0 Å². The third-order valence-electron chi connectivity index (χ3n) is 3.37. The van der Waals surface area contributed by atoms with Gasteiger partial charge in [-0.25, -0.2) is 0 Å². The molecule has 0 spiro atoms. The Kier molecular flexibility index (Phi) is 2.71. The van der Waals surface area contributed by atoms with E-state index >= 15 is 0 Å². The number of aromatic amines is 1. The van der Waals surface area contributed by atoms with Gasteiger partial charge in [0.25, 0.3) is 0 Å². The Balaban J connectivity index is 2.11. The zero-order valence-electron chi connectivity index (χ0n) is 9.79. The van der Waals surface area contributed by atoms with Crippen molar-refractivity contribution in [3.8, 4) is 11.3 Å². The average Bonchev–Trinajstić information content (AvgIpc) is 2.93. The number of nitrogens with two attached hydrogens (primary N) is 1. The number of benzene rings is 1. The maximum atomic E-state index is 5.73. The average molecular weight is 227 g/mol. The molecule has 0 bridgehead atoms. The molecule has 1 aromatic heterocycles. The third kappa shape index (κ3) is 1.77. The minimum atomic E-state index is 0.699. The molecule has 0 saturated heterocycles. The van der Waals surface area contributed by atoms with E-state index in [1.807, 2.05) is 6.07 Å². The highest BCUT2D eigenvalue weighted by atomic mass is 14.9. The van der Waals surface area contributed by atoms with Crippen molar-refractivity contribution in [2.45, 2.75) is 19.5 Å². The van der Waals surface area contributed by atoms with E-state index in [0.717, 1.165) is 19.5 Å². The summed E-state index contributed by atoms with van der Waals surface area (Å²) in [6.07, 6.45) is 0.942. The van der Waals surface area contributed by atoms with Crippen LogP contribution in [-0.4, -0.2) is 11.5 Å². The Morgan fingerprint density at radius 3 is 2.71 bits per heavy atom. The van der Waals surface area contributed by atoms with Gasteiger partial charge in [-0.15, -0.1) is 0 Å². The smallest absolute Gasteiger partial charge is 0.0492 e. The first-order chi connectivity index (χ1) is 8.40. The van der Waals surface area contributed by atoms with Gasteiger partial charge in [-0.2, -0.15) is 0 Å². The minimum Gasteiger partial charge on any atom is -0.357 e. The molecule has 0 aliphatic carbocycles. The lowest BCUT2D eigenvalue weighted by molar-refractivity contribution is 0.749. The van der Waals surface area contributed by atoms with Gasteiger partial charge in [-0.1, -0.05) is 30.3 Å². The second kappa shape index (κ2) is 4.35. The van der Waals surface area contributed by atoms with E-state index in [0.29, 0.717) is 6.54 Å². The molecule has 1 aliphatic rings. The lowest BCUT2D eigenvalue weighted by Gasteiger charge is -2.05. The van der Waals surface area contributed by atoms with Crippen LogP contribution in [0.5, 0.6) is 0 Å². The molecule has 3 heteroatoms. The van der Waals surface area contributed by atoms with Crippen LogP contribution >= 0.6 is 0 Å². The molecule has 1 aliphatic heterocycles. The first-order valence-corrected chi connectivity index (χ1v) is 6.09. The molecular formula is C14H17N3. The number of nitrogens with one attached hydrogen (secondary N) is 2. The lowest BCUT2D eigenvalue weighted by atomic mass is 10.0. The SMILES string of the molecule is NCCc1c(-c2ccccc2)[nH]c2c1CNC2. The van der Waals surface area contributed by atoms with Gasteiger partial charge in [0, 0.05) is 24.5 Å². The Morgan fingerprint density at radius 1 is 1.12 bits per heavy atom. The van der Waals surface area contributed by atoms with Crippen molar-refractivity contribution >= 4 is 0 Å². The van der Waals surface area contributed by atoms with E-state index in [9.17, 15) is 0 Å². The van der Waals surface area contributed by atoms with Crippen LogP contribution in [0.15, 0.2) is 30.3 Å². The molecule has 0 atom stereocenters. The van der Waals surface area contributed by atoms with E-state index in [-0.39, 0.29) is 0 Å². The molecule has 0 unspecified atom stereocenters. The summed E-state index contributed by atoms with van der Waals surface area (Å²) in [6, 6.07) is 10.5. The predicted octanol–water partition coefficient (Wildman–Crippen LogP) is 1.79. The van der Waals surface area contributed by atoms with Gasteiger partial charge in [-0.3, -0.25) is 0 Å². The Hall–Kier alpha value is -1.58. The van der Waals surface area contributed by atoms with Crippen LogP contribution in [0.3, 0.4) is 0 Å². The zero-order valence-corrected chi connectivity index (χ0v) is 9.79. The van der Waals surface area contributed by atoms with Gasteiger partial charge in [0.05, 0.1) is 0 Å². The fraction of sp³-hybridized carbons (Fsp3) is 0.286. The summed E-state index contributed by atoms with van der Waals surface area (Å²) in [6.45, 7) is 2.61. The van der Waals surface area contributed by atoms with Gasteiger partial charge < -0.3 is 16.0 Å². The van der Waals surface area contributed by atoms with Crippen molar-refractivity contribution in [3.05, 3.63) is 47.2 Å². The molecule has 4 N–H and O–H groups in total. The molecule has 3 rings (SSSR count). The van der Waals surface area contributed by atoms with Gasteiger partial charge in [0.2, 0.25) is 0 Å². The van der Waals surface area contributed by atoms with Crippen LogP contribution in [-0.2, 0) is 19.5 Å². The van der Waals surface area contributed by atoms with E-state index < -0.39 is 0 Å². The molecule has 2 heterocycles. The summed E-state index contributed by atoms with van der Waals surface area (Å²) in [5.74, 6) is 0. The molecule has 1 aromatic carbocycles. The van der Waals surface area contributed by atoms with Crippen LogP contribution in [0.4, 0.5) is 0 Å². The standard InChI is InChI=1S/C14H17N3/c15-7-6-11-12-8-16-9-13(12)17-14(11)10-4-2-1-3-5-10/h1-5,16-17H,6-9,15H2. The monoisotopic (exact) mass is 227 g/mol. The first-order valence-electron chi connectivity index (χ1n) is 6.09. The molecule has 0 fully saturated rings. The van der Waals surface area contributed by atoms with Crippen molar-refractivity contribution in [3.63, 3.8) is 0 Å². The van der Waals surface area contributed by atoms with Crippen molar-refractivity contribution in [2.75, 3.05) is 6.54 Å². The zero-order chi connectivity index (χ0) is 11.7. The molecule has 88 valence electrons. The minimum absolute atomic E-state index is 0.699. The molecule has 17 heavy (non-hydrogen) atoms. The summed E-state index contributed by atoms with van der Waals surface area (Å²) < 4.78 is 0. The Bertz CT molecular complexity index is 514. The summed E-state index contributed by atoms with van der Waals surface area (Å²) in [5.41, 5.74) is 12.4. The maximum Gasteiger partial charge on any atom is 0.0492 e. The second-order valence-corrected chi connectivity index (χ2v) is 4.44. The Morgan fingerprint density at radius 2 is 1.94 bits per heavy atom. The van der Waals surface area contributed by atoms with Crippen LogP contribution in [0, 0.1) is 0 Å². The quantitative estimate of drug-likeness (QED) is 0.748. The summed E-state index contributed by atoms with van der Waals surface area (Å²) in [5, 5.41) is 3.37. The predicted molar refractivity (Wildman–Crippen MR) is 69.5 cm³/mol. The van der Waals surface area contributed by atoms with Crippen molar-refractivity contribution in [2.24, 2.45) is 5.73 Å². The van der Waals surface area contributed by atoms with Crippen molar-refractivity contribution in [1.29, 1.82) is 0 Å². The lowest BCUT2D eigenvalue weighted by Crippen LogP contribution is -2.07. The van der Waals surface area contributed by atoms with Gasteiger partial charge in [0.15, 0.2) is 0 Å².